The van der Waals surface area contributed by atoms with Crippen molar-refractivity contribution in [1.29, 1.82) is 5.39 Å². The van der Waals surface area contributed by atoms with Crippen LogP contribution in [0.5, 0.6) is 5.75 Å². The molecule has 0 bridgehead atoms. The Morgan fingerprint density at radius 1 is 1.14 bits per heavy atom. The molecule has 0 amide bonds. The van der Waals surface area contributed by atoms with Gasteiger partial charge in [0, 0.05) is 11.8 Å². The van der Waals surface area contributed by atoms with Gasteiger partial charge in [0.25, 0.3) is 0 Å². The van der Waals surface area contributed by atoms with Gasteiger partial charge in [-0.2, -0.15) is 0 Å². The predicted octanol–water partition coefficient (Wildman–Crippen LogP) is 2.10. The average Bonchev–Trinajstić information content (AvgIpc) is 2.50. The minimum Gasteiger partial charge on any atom is -1.00 e. The summed E-state index contributed by atoms with van der Waals surface area (Å²) in [5.41, 5.74) is 2.33. The van der Waals surface area contributed by atoms with Crippen LogP contribution in [0.1, 0.15) is 19.8 Å². The Hall–Kier alpha value is -2.25. The first kappa shape index (κ1) is 16.8. The SMILES string of the molecule is CCCCOc1cc([N+]#N)ccc1Nc1ccccc1.[Cl-]. The van der Waals surface area contributed by atoms with Gasteiger partial charge in [0.1, 0.15) is 0 Å². The Morgan fingerprint density at radius 3 is 2.57 bits per heavy atom. The molecule has 0 atom stereocenters. The normalized spacial score (nSPS) is 9.33. The van der Waals surface area contributed by atoms with Gasteiger partial charge in [-0.25, -0.2) is 0 Å². The van der Waals surface area contributed by atoms with Crippen molar-refractivity contribution in [3.8, 4) is 5.75 Å². The van der Waals surface area contributed by atoms with E-state index in [4.69, 9.17) is 10.1 Å². The quantitative estimate of drug-likeness (QED) is 0.657. The maximum absolute atomic E-state index is 8.86. The van der Waals surface area contributed by atoms with Gasteiger partial charge in [0.15, 0.2) is 10.7 Å². The van der Waals surface area contributed by atoms with Gasteiger partial charge in [-0.3, -0.25) is 0 Å². The maximum atomic E-state index is 8.86. The van der Waals surface area contributed by atoms with Gasteiger partial charge in [-0.05, 0) is 24.6 Å². The average molecular weight is 304 g/mol. The van der Waals surface area contributed by atoms with Crippen LogP contribution in [0.2, 0.25) is 0 Å². The molecule has 1 N–H and O–H groups in total. The van der Waals surface area contributed by atoms with Crippen LogP contribution in [-0.2, 0) is 0 Å². The van der Waals surface area contributed by atoms with Gasteiger partial charge in [-0.1, -0.05) is 31.5 Å². The fraction of sp³-hybridized carbons (Fsp3) is 0.250. The standard InChI is InChI=1S/C16H18N3O.ClH/c1-2-3-11-20-16-12-14(19-17)9-10-15(16)18-13-7-5-4-6-8-13;/h4-10,12,18H,2-3,11H2,1H3;1H/q+1;/p-1. The second-order valence-corrected chi connectivity index (χ2v) is 4.47. The highest BCUT2D eigenvalue weighted by molar-refractivity contribution is 5.70. The van der Waals surface area contributed by atoms with Crippen LogP contribution >= 0.6 is 0 Å². The van der Waals surface area contributed by atoms with E-state index in [2.05, 4.69) is 17.2 Å². The largest absolute Gasteiger partial charge is 1.00 e. The number of halogens is 1. The summed E-state index contributed by atoms with van der Waals surface area (Å²) >= 11 is 0. The number of nitrogens with zero attached hydrogens (tertiary/aromatic N) is 2. The molecule has 5 heteroatoms. The van der Waals surface area contributed by atoms with E-state index in [1.54, 1.807) is 12.1 Å². The maximum Gasteiger partial charge on any atom is 0.388 e. The molecule has 2 aromatic carbocycles. The predicted molar refractivity (Wildman–Crippen MR) is 81.3 cm³/mol. The lowest BCUT2D eigenvalue weighted by Crippen LogP contribution is -3.00. The number of ether oxygens (including phenoxy) is 1. The van der Waals surface area contributed by atoms with Crippen molar-refractivity contribution in [2.24, 2.45) is 0 Å². The van der Waals surface area contributed by atoms with E-state index in [1.807, 2.05) is 36.4 Å². The molecule has 0 fully saturated rings. The summed E-state index contributed by atoms with van der Waals surface area (Å²) in [5, 5.41) is 12.2. The molecule has 0 spiro atoms. The zero-order chi connectivity index (χ0) is 14.2. The van der Waals surface area contributed by atoms with Crippen molar-refractivity contribution in [3.05, 3.63) is 53.5 Å². The number of diazo groups is 1. The molecule has 0 aliphatic rings. The lowest BCUT2D eigenvalue weighted by molar-refractivity contribution is -0.00000476. The van der Waals surface area contributed by atoms with Crippen molar-refractivity contribution in [2.75, 3.05) is 11.9 Å². The lowest BCUT2D eigenvalue weighted by Gasteiger charge is -2.12. The number of hydrogen-bond donors (Lipinski definition) is 1. The molecule has 0 radical (unpaired) electrons. The molecule has 0 unspecified atom stereocenters. The minimum absolute atomic E-state index is 0. The van der Waals surface area contributed by atoms with Crippen LogP contribution in [0.15, 0.2) is 48.5 Å². The number of anilines is 2. The summed E-state index contributed by atoms with van der Waals surface area (Å²) in [7, 11) is 0. The van der Waals surface area contributed by atoms with Crippen molar-refractivity contribution in [2.45, 2.75) is 19.8 Å². The Bertz CT molecular complexity index is 596. The summed E-state index contributed by atoms with van der Waals surface area (Å²) in [6.45, 7) is 2.76. The van der Waals surface area contributed by atoms with Crippen molar-refractivity contribution in [1.82, 2.24) is 0 Å². The molecule has 0 saturated heterocycles. The van der Waals surface area contributed by atoms with Crippen LogP contribution in [0.3, 0.4) is 0 Å². The van der Waals surface area contributed by atoms with Gasteiger partial charge in [-0.15, -0.1) is 0 Å². The molecule has 0 aliphatic heterocycles. The first-order valence-corrected chi connectivity index (χ1v) is 6.77. The highest BCUT2D eigenvalue weighted by Crippen LogP contribution is 2.32. The topological polar surface area (TPSA) is 49.4 Å². The summed E-state index contributed by atoms with van der Waals surface area (Å²) in [5.74, 6) is 0.692. The molecule has 0 aliphatic carbocycles. The molecule has 0 aromatic heterocycles. The van der Waals surface area contributed by atoms with E-state index in [0.29, 0.717) is 18.0 Å². The lowest BCUT2D eigenvalue weighted by atomic mass is 10.2. The highest BCUT2D eigenvalue weighted by Gasteiger charge is 2.12. The van der Waals surface area contributed by atoms with Crippen LogP contribution in [-0.4, -0.2) is 6.61 Å². The number of para-hydroxylation sites is 1. The zero-order valence-corrected chi connectivity index (χ0v) is 12.7. The Morgan fingerprint density at radius 2 is 1.90 bits per heavy atom. The fourth-order valence-corrected chi connectivity index (χ4v) is 1.80. The van der Waals surface area contributed by atoms with Gasteiger partial charge < -0.3 is 22.5 Å². The Kier molecular flexibility index (Phi) is 7.06. The van der Waals surface area contributed by atoms with E-state index in [-0.39, 0.29) is 12.4 Å². The van der Waals surface area contributed by atoms with Gasteiger partial charge >= 0.3 is 5.69 Å². The molecule has 0 heterocycles. The van der Waals surface area contributed by atoms with E-state index in [1.165, 1.54) is 0 Å². The van der Waals surface area contributed by atoms with Crippen LogP contribution in [0, 0.1) is 5.39 Å². The van der Waals surface area contributed by atoms with E-state index >= 15 is 0 Å². The summed E-state index contributed by atoms with van der Waals surface area (Å²) in [6.07, 6.45) is 2.07. The molecule has 0 saturated carbocycles. The van der Waals surface area contributed by atoms with Crippen LogP contribution < -0.4 is 22.5 Å². The third-order valence-electron chi connectivity index (χ3n) is 2.89. The van der Waals surface area contributed by atoms with Crippen molar-refractivity contribution in [3.63, 3.8) is 0 Å². The number of benzene rings is 2. The first-order chi connectivity index (χ1) is 9.83. The third kappa shape index (κ3) is 4.97. The summed E-state index contributed by atoms with van der Waals surface area (Å²) < 4.78 is 5.76. The Labute approximate surface area is 131 Å². The van der Waals surface area contributed by atoms with Crippen molar-refractivity contribution >= 4 is 17.1 Å². The van der Waals surface area contributed by atoms with E-state index in [9.17, 15) is 0 Å². The zero-order valence-electron chi connectivity index (χ0n) is 11.9. The van der Waals surface area contributed by atoms with Gasteiger partial charge in [0.05, 0.1) is 18.4 Å². The molecular weight excluding hydrogens is 286 g/mol. The van der Waals surface area contributed by atoms with Crippen LogP contribution in [0.25, 0.3) is 4.98 Å². The Balaban J connectivity index is 0.00000220. The highest BCUT2D eigenvalue weighted by atomic mass is 35.5. The number of hydrogen-bond acceptors (Lipinski definition) is 3. The number of nitrogens with one attached hydrogen (secondary N) is 1. The number of unbranched alkanes of at least 4 members (excludes halogenated alkanes) is 1. The second-order valence-electron chi connectivity index (χ2n) is 4.47. The summed E-state index contributed by atoms with van der Waals surface area (Å²) in [4.78, 5) is 3.20. The van der Waals surface area contributed by atoms with E-state index in [0.717, 1.165) is 24.2 Å². The monoisotopic (exact) mass is 303 g/mol. The van der Waals surface area contributed by atoms with Crippen molar-refractivity contribution < 1.29 is 17.1 Å². The molecule has 110 valence electrons. The molecule has 21 heavy (non-hydrogen) atoms. The van der Waals surface area contributed by atoms with E-state index < -0.39 is 0 Å². The van der Waals surface area contributed by atoms with Gasteiger partial charge in [0.2, 0.25) is 5.39 Å². The summed E-state index contributed by atoms with van der Waals surface area (Å²) in [6, 6.07) is 15.2. The molecule has 4 nitrogen and oxygen atoms in total. The van der Waals surface area contributed by atoms with Crippen LogP contribution in [0.4, 0.5) is 17.1 Å². The minimum atomic E-state index is 0. The third-order valence-corrected chi connectivity index (χ3v) is 2.89. The smallest absolute Gasteiger partial charge is 0.388 e. The molecule has 2 rings (SSSR count). The molecule has 2 aromatic rings. The molecular formula is C16H18ClN3O. The first-order valence-electron chi connectivity index (χ1n) is 6.77. The fourth-order valence-electron chi connectivity index (χ4n) is 1.80. The number of rotatable bonds is 6. The second kappa shape index (κ2) is 8.83.